The average molecular weight is 636 g/mol. The highest BCUT2D eigenvalue weighted by molar-refractivity contribution is 7.92. The molecule has 1 saturated heterocycles. The van der Waals surface area contributed by atoms with Crippen molar-refractivity contribution in [3.05, 3.63) is 94.8 Å². The molecule has 12 heteroatoms. The summed E-state index contributed by atoms with van der Waals surface area (Å²) >= 11 is 0. The molecule has 1 heterocycles. The lowest BCUT2D eigenvalue weighted by molar-refractivity contribution is -0.137. The highest BCUT2D eigenvalue weighted by Crippen LogP contribution is 2.33. The van der Waals surface area contributed by atoms with Crippen molar-refractivity contribution in [3.63, 3.8) is 0 Å². The van der Waals surface area contributed by atoms with E-state index in [9.17, 15) is 35.2 Å². The lowest BCUT2D eigenvalue weighted by Crippen LogP contribution is -2.37. The van der Waals surface area contributed by atoms with Gasteiger partial charge in [-0.1, -0.05) is 24.3 Å². The number of piperidine rings is 1. The largest absolute Gasteiger partial charge is 0.416 e. The van der Waals surface area contributed by atoms with Crippen LogP contribution < -0.4 is 9.62 Å². The molecule has 0 radical (unpaired) electrons. The fraction of sp³-hybridized carbons (Fsp3) is 0.406. The first-order valence-corrected chi connectivity index (χ1v) is 16.1. The van der Waals surface area contributed by atoms with E-state index >= 15 is 0 Å². The zero-order chi connectivity index (χ0) is 31.5. The zero-order valence-corrected chi connectivity index (χ0v) is 24.8. The third-order valence-electron chi connectivity index (χ3n) is 8.19. The number of nitrogens with zero attached hydrogens (tertiary/aromatic N) is 2. The van der Waals surface area contributed by atoms with Crippen molar-refractivity contribution in [2.75, 3.05) is 23.9 Å². The molecule has 44 heavy (non-hydrogen) atoms. The van der Waals surface area contributed by atoms with Gasteiger partial charge in [0.1, 0.15) is 12.0 Å². The number of hydrogen-bond donors (Lipinski definition) is 1. The molecule has 2 aliphatic rings. The number of amides is 1. The summed E-state index contributed by atoms with van der Waals surface area (Å²) < 4.78 is 95.1. The monoisotopic (exact) mass is 635 g/mol. The van der Waals surface area contributed by atoms with Crippen molar-refractivity contribution < 1.29 is 35.2 Å². The van der Waals surface area contributed by atoms with Crippen molar-refractivity contribution in [2.24, 2.45) is 0 Å². The summed E-state index contributed by atoms with van der Waals surface area (Å²) in [5.41, 5.74) is 2.13. The summed E-state index contributed by atoms with van der Waals surface area (Å²) in [5.74, 6) is -1.04. The molecule has 5 rings (SSSR count). The lowest BCUT2D eigenvalue weighted by Gasteiger charge is -2.30. The molecule has 3 aromatic carbocycles. The number of likely N-dealkylation sites (tertiary alicyclic amines) is 1. The quantitative estimate of drug-likeness (QED) is 0.271. The van der Waals surface area contributed by atoms with Gasteiger partial charge in [-0.15, -0.1) is 0 Å². The van der Waals surface area contributed by atoms with Crippen molar-refractivity contribution >= 4 is 21.6 Å². The maximum absolute atomic E-state index is 13.6. The molecule has 3 aromatic rings. The number of benzene rings is 3. The van der Waals surface area contributed by atoms with E-state index in [1.807, 2.05) is 12.1 Å². The first-order chi connectivity index (χ1) is 20.9. The molecule has 1 fully saturated rings. The molecule has 0 unspecified atom stereocenters. The van der Waals surface area contributed by atoms with E-state index in [4.69, 9.17) is 0 Å². The molecule has 1 aliphatic carbocycles. The minimum atomic E-state index is -4.75. The smallest absolute Gasteiger partial charge is 0.349 e. The molecule has 236 valence electrons. The minimum Gasteiger partial charge on any atom is -0.349 e. The zero-order valence-electron chi connectivity index (χ0n) is 24.0. The number of rotatable bonds is 9. The number of aryl methyl sites for hydroxylation is 1. The number of carbonyl (C=O) groups is 1. The first kappa shape index (κ1) is 31.9. The Morgan fingerprint density at radius 1 is 0.977 bits per heavy atom. The maximum Gasteiger partial charge on any atom is 0.416 e. The SMILES string of the molecule is O=C(CCN(c1ccc(F)cc1)S(=O)(=O)c1cccc(C(F)(F)F)c1)N[C@@H]1CCCc2cc(CN3CCC(F)CC3)ccc21. The summed E-state index contributed by atoms with van der Waals surface area (Å²) in [6, 6.07) is 13.7. The van der Waals surface area contributed by atoms with E-state index in [1.54, 1.807) is 0 Å². The van der Waals surface area contributed by atoms with Gasteiger partial charge in [-0.2, -0.15) is 13.2 Å². The summed E-state index contributed by atoms with van der Waals surface area (Å²) in [6.07, 6.45) is -2.28. The molecule has 6 nitrogen and oxygen atoms in total. The van der Waals surface area contributed by atoms with Crippen LogP contribution in [0.25, 0.3) is 0 Å². The third-order valence-corrected chi connectivity index (χ3v) is 10.0. The Kier molecular flexibility index (Phi) is 9.59. The summed E-state index contributed by atoms with van der Waals surface area (Å²) in [7, 11) is -4.54. The topological polar surface area (TPSA) is 69.7 Å². The number of anilines is 1. The second-order valence-electron chi connectivity index (χ2n) is 11.3. The Hall–Kier alpha value is -3.51. The number of halogens is 5. The van der Waals surface area contributed by atoms with Crippen LogP contribution in [0, 0.1) is 5.82 Å². The number of carbonyl (C=O) groups excluding carboxylic acids is 1. The molecule has 0 spiro atoms. The fourth-order valence-corrected chi connectivity index (χ4v) is 7.37. The third kappa shape index (κ3) is 7.58. The molecule has 0 saturated carbocycles. The average Bonchev–Trinajstić information content (AvgIpc) is 2.99. The van der Waals surface area contributed by atoms with E-state index in [2.05, 4.69) is 16.3 Å². The van der Waals surface area contributed by atoms with Gasteiger partial charge in [0.2, 0.25) is 5.91 Å². The van der Waals surface area contributed by atoms with E-state index < -0.39 is 44.6 Å². The van der Waals surface area contributed by atoms with Crippen LogP contribution in [-0.4, -0.2) is 45.0 Å². The predicted octanol–water partition coefficient (Wildman–Crippen LogP) is 6.56. The van der Waals surface area contributed by atoms with Gasteiger partial charge < -0.3 is 5.32 Å². The van der Waals surface area contributed by atoms with Gasteiger partial charge >= 0.3 is 6.18 Å². The molecule has 1 N–H and O–H groups in total. The van der Waals surface area contributed by atoms with Crippen molar-refractivity contribution in [1.29, 1.82) is 0 Å². The summed E-state index contributed by atoms with van der Waals surface area (Å²) in [6.45, 7) is 1.80. The van der Waals surface area contributed by atoms with Gasteiger partial charge in [-0.05, 0) is 91.3 Å². The number of sulfonamides is 1. The van der Waals surface area contributed by atoms with Crippen LogP contribution in [-0.2, 0) is 34.0 Å². The van der Waals surface area contributed by atoms with Gasteiger partial charge in [0.15, 0.2) is 0 Å². The standard InChI is InChI=1S/C32H34F5N3O3S/c33-25-8-10-27(11-9-25)40(44(42,43)28-5-2-4-24(20-28)32(35,36)37)18-15-31(41)38-30-6-1-3-23-19-22(7-12-29(23)30)21-39-16-13-26(34)14-17-39/h2,4-5,7-12,19-20,26,30H,1,3,6,13-18,21H2,(H,38,41)/t30-/m1/s1. The molecular formula is C32H34F5N3O3S. The van der Waals surface area contributed by atoms with Crippen molar-refractivity contribution in [1.82, 2.24) is 10.2 Å². The molecular weight excluding hydrogens is 601 g/mol. The number of hydrogen-bond acceptors (Lipinski definition) is 4. The Morgan fingerprint density at radius 3 is 2.41 bits per heavy atom. The Balaban J connectivity index is 1.29. The van der Waals surface area contributed by atoms with Gasteiger partial charge in [-0.3, -0.25) is 14.0 Å². The normalized spacial score (nSPS) is 18.1. The fourth-order valence-electron chi connectivity index (χ4n) is 5.86. The second-order valence-corrected chi connectivity index (χ2v) is 13.2. The van der Waals surface area contributed by atoms with E-state index in [-0.39, 0.29) is 24.7 Å². The molecule has 1 amide bonds. The number of alkyl halides is 4. The Labute approximate surface area is 253 Å². The van der Waals surface area contributed by atoms with Gasteiger partial charge in [-0.25, -0.2) is 17.2 Å². The Morgan fingerprint density at radius 2 is 1.70 bits per heavy atom. The van der Waals surface area contributed by atoms with Crippen molar-refractivity contribution in [3.8, 4) is 0 Å². The maximum atomic E-state index is 13.6. The molecule has 1 atom stereocenters. The Bertz CT molecular complexity index is 1570. The van der Waals surface area contributed by atoms with Crippen LogP contribution in [0.5, 0.6) is 0 Å². The lowest BCUT2D eigenvalue weighted by atomic mass is 9.86. The van der Waals surface area contributed by atoms with Crippen LogP contribution in [0.1, 0.15) is 60.4 Å². The van der Waals surface area contributed by atoms with Crippen LogP contribution in [0.4, 0.5) is 27.6 Å². The minimum absolute atomic E-state index is 0.0166. The van der Waals surface area contributed by atoms with Gasteiger partial charge in [0.25, 0.3) is 10.0 Å². The second kappa shape index (κ2) is 13.2. The molecule has 1 aliphatic heterocycles. The van der Waals surface area contributed by atoms with Crippen LogP contribution in [0.15, 0.2) is 71.6 Å². The van der Waals surface area contributed by atoms with Gasteiger partial charge in [0, 0.05) is 32.6 Å². The summed E-state index contributed by atoms with van der Waals surface area (Å²) in [5, 5.41) is 3.00. The van der Waals surface area contributed by atoms with E-state index in [0.717, 1.165) is 83.8 Å². The van der Waals surface area contributed by atoms with Crippen LogP contribution in [0.2, 0.25) is 0 Å². The van der Waals surface area contributed by atoms with E-state index in [0.29, 0.717) is 25.3 Å². The predicted molar refractivity (Wildman–Crippen MR) is 157 cm³/mol. The highest BCUT2D eigenvalue weighted by Gasteiger charge is 2.33. The van der Waals surface area contributed by atoms with E-state index in [1.165, 1.54) is 12.1 Å². The van der Waals surface area contributed by atoms with Gasteiger partial charge in [0.05, 0.1) is 22.2 Å². The first-order valence-electron chi connectivity index (χ1n) is 14.6. The van der Waals surface area contributed by atoms with Crippen LogP contribution >= 0.6 is 0 Å². The highest BCUT2D eigenvalue weighted by atomic mass is 32.2. The van der Waals surface area contributed by atoms with Crippen LogP contribution in [0.3, 0.4) is 0 Å². The number of fused-ring (bicyclic) bond motifs is 1. The van der Waals surface area contributed by atoms with Crippen molar-refractivity contribution in [2.45, 2.75) is 68.4 Å². The number of nitrogens with one attached hydrogen (secondary N) is 1. The summed E-state index contributed by atoms with van der Waals surface area (Å²) in [4.78, 5) is 14.8. The molecule has 0 aromatic heterocycles. The molecule has 0 bridgehead atoms.